The van der Waals surface area contributed by atoms with E-state index in [-0.39, 0.29) is 24.2 Å². The molecule has 0 heterocycles. The summed E-state index contributed by atoms with van der Waals surface area (Å²) in [5.41, 5.74) is 6.35. The Kier molecular flexibility index (Phi) is 10.7. The second-order valence-corrected chi connectivity index (χ2v) is 5.22. The molecule has 1 aromatic carbocycles. The summed E-state index contributed by atoms with van der Waals surface area (Å²) in [5.74, 6) is 0.653. The number of hydrogen-bond acceptors (Lipinski definition) is 4. The Balaban J connectivity index is 0.00000400. The number of benzene rings is 1. The van der Waals surface area contributed by atoms with Crippen molar-refractivity contribution >= 4 is 41.7 Å². The van der Waals surface area contributed by atoms with Gasteiger partial charge in [-0.25, -0.2) is 0 Å². The molecule has 4 N–H and O–H groups in total. The van der Waals surface area contributed by atoms with E-state index in [1.54, 1.807) is 36.0 Å². The lowest BCUT2D eigenvalue weighted by Crippen LogP contribution is -2.29. The molecule has 7 heteroatoms. The van der Waals surface area contributed by atoms with Gasteiger partial charge in [0.1, 0.15) is 0 Å². The summed E-state index contributed by atoms with van der Waals surface area (Å²) < 4.78 is 0. The maximum atomic E-state index is 11.9. The number of halogens is 1. The topological polar surface area (TPSA) is 84.2 Å². The van der Waals surface area contributed by atoms with E-state index in [4.69, 9.17) is 5.73 Å². The summed E-state index contributed by atoms with van der Waals surface area (Å²) in [4.78, 5) is 23.7. The van der Waals surface area contributed by atoms with Crippen molar-refractivity contribution in [1.82, 2.24) is 5.32 Å². The molecule has 21 heavy (non-hydrogen) atoms. The van der Waals surface area contributed by atoms with Crippen LogP contribution in [0.15, 0.2) is 24.3 Å². The number of para-hydroxylation sites is 1. The van der Waals surface area contributed by atoms with Gasteiger partial charge in [-0.1, -0.05) is 12.1 Å². The molecule has 0 saturated heterocycles. The Morgan fingerprint density at radius 1 is 1.29 bits per heavy atom. The van der Waals surface area contributed by atoms with Gasteiger partial charge in [0.15, 0.2) is 0 Å². The molecule has 1 aromatic rings. The first-order valence-corrected chi connectivity index (χ1v) is 7.94. The van der Waals surface area contributed by atoms with Crippen LogP contribution in [0.3, 0.4) is 0 Å². The third-order valence-corrected chi connectivity index (χ3v) is 3.32. The molecule has 0 unspecified atom stereocenters. The standard InChI is InChI=1S/C14H21N3O2S.ClH/c1-20-10-4-7-13(18)17-12-6-3-2-5-11(12)14(19)16-9-8-15;/h2-3,5-6H,4,7-10,15H2,1H3,(H,16,19)(H,17,18);1H. The zero-order valence-electron chi connectivity index (χ0n) is 12.1. The van der Waals surface area contributed by atoms with Crippen LogP contribution < -0.4 is 16.4 Å². The molecule has 0 atom stereocenters. The van der Waals surface area contributed by atoms with Crippen molar-refractivity contribution in [3.63, 3.8) is 0 Å². The fraction of sp³-hybridized carbons (Fsp3) is 0.429. The quantitative estimate of drug-likeness (QED) is 0.635. The minimum absolute atomic E-state index is 0. The Morgan fingerprint density at radius 2 is 2.00 bits per heavy atom. The number of anilines is 1. The first-order chi connectivity index (χ1) is 9.69. The van der Waals surface area contributed by atoms with Gasteiger partial charge in [0.2, 0.25) is 5.91 Å². The van der Waals surface area contributed by atoms with Crippen LogP contribution in [0.5, 0.6) is 0 Å². The molecule has 5 nitrogen and oxygen atoms in total. The van der Waals surface area contributed by atoms with E-state index in [2.05, 4.69) is 10.6 Å². The fourth-order valence-corrected chi connectivity index (χ4v) is 2.09. The summed E-state index contributed by atoms with van der Waals surface area (Å²) in [7, 11) is 0. The number of amides is 2. The number of carbonyl (C=O) groups excluding carboxylic acids is 2. The summed E-state index contributed by atoms with van der Waals surface area (Å²) >= 11 is 1.71. The minimum atomic E-state index is -0.226. The molecule has 1 rings (SSSR count). The molecule has 2 amide bonds. The SMILES string of the molecule is CSCCCC(=O)Nc1ccccc1C(=O)NCCN.Cl. The van der Waals surface area contributed by atoms with Crippen molar-refractivity contribution in [1.29, 1.82) is 0 Å². The van der Waals surface area contributed by atoms with Gasteiger partial charge in [-0.15, -0.1) is 12.4 Å². The van der Waals surface area contributed by atoms with Crippen LogP contribution >= 0.6 is 24.2 Å². The van der Waals surface area contributed by atoms with E-state index >= 15 is 0 Å². The number of thioether (sulfide) groups is 1. The smallest absolute Gasteiger partial charge is 0.253 e. The van der Waals surface area contributed by atoms with Crippen LogP contribution in [0.4, 0.5) is 5.69 Å². The van der Waals surface area contributed by atoms with Gasteiger partial charge >= 0.3 is 0 Å². The molecule has 0 aliphatic rings. The van der Waals surface area contributed by atoms with Gasteiger partial charge in [0.05, 0.1) is 11.3 Å². The molecular formula is C14H22ClN3O2S. The number of rotatable bonds is 8. The summed E-state index contributed by atoms with van der Waals surface area (Å²) in [5, 5.41) is 5.48. The van der Waals surface area contributed by atoms with E-state index in [0.29, 0.717) is 30.8 Å². The molecule has 0 aliphatic carbocycles. The number of carbonyl (C=O) groups is 2. The summed E-state index contributed by atoms with van der Waals surface area (Å²) in [6, 6.07) is 6.96. The van der Waals surface area contributed by atoms with Gasteiger partial charge in [-0.05, 0) is 30.6 Å². The minimum Gasteiger partial charge on any atom is -0.351 e. The molecule has 0 aliphatic heterocycles. The van der Waals surface area contributed by atoms with E-state index in [0.717, 1.165) is 12.2 Å². The zero-order chi connectivity index (χ0) is 14.8. The number of nitrogens with one attached hydrogen (secondary N) is 2. The lowest BCUT2D eigenvalue weighted by molar-refractivity contribution is -0.116. The summed E-state index contributed by atoms with van der Waals surface area (Å²) in [6.45, 7) is 0.795. The molecule has 0 bridgehead atoms. The lowest BCUT2D eigenvalue weighted by atomic mass is 10.1. The highest BCUT2D eigenvalue weighted by Gasteiger charge is 2.12. The van der Waals surface area contributed by atoms with Gasteiger partial charge in [0, 0.05) is 19.5 Å². The van der Waals surface area contributed by atoms with Crippen LogP contribution in [0, 0.1) is 0 Å². The van der Waals surface area contributed by atoms with Crippen molar-refractivity contribution in [3.05, 3.63) is 29.8 Å². The molecule has 0 saturated carbocycles. The zero-order valence-corrected chi connectivity index (χ0v) is 13.7. The fourth-order valence-electron chi connectivity index (χ4n) is 1.66. The Bertz CT molecular complexity index is 458. The molecule has 0 spiro atoms. The maximum Gasteiger partial charge on any atom is 0.253 e. The van der Waals surface area contributed by atoms with E-state index in [1.165, 1.54) is 0 Å². The average Bonchev–Trinajstić information content (AvgIpc) is 2.45. The summed E-state index contributed by atoms with van der Waals surface area (Å²) in [6.07, 6.45) is 3.29. The Hall–Kier alpha value is -1.24. The van der Waals surface area contributed by atoms with E-state index < -0.39 is 0 Å². The average molecular weight is 332 g/mol. The first-order valence-electron chi connectivity index (χ1n) is 6.55. The van der Waals surface area contributed by atoms with Crippen molar-refractivity contribution in [2.45, 2.75) is 12.8 Å². The van der Waals surface area contributed by atoms with Crippen LogP contribution in [-0.2, 0) is 4.79 Å². The monoisotopic (exact) mass is 331 g/mol. The molecule has 0 fully saturated rings. The predicted molar refractivity (Wildman–Crippen MR) is 91.3 cm³/mol. The van der Waals surface area contributed by atoms with E-state index in [9.17, 15) is 9.59 Å². The second-order valence-electron chi connectivity index (χ2n) is 4.23. The molecule has 0 aromatic heterocycles. The molecule has 0 radical (unpaired) electrons. The first kappa shape index (κ1) is 19.8. The Morgan fingerprint density at radius 3 is 2.67 bits per heavy atom. The van der Waals surface area contributed by atoms with Gasteiger partial charge < -0.3 is 16.4 Å². The molecular weight excluding hydrogens is 310 g/mol. The van der Waals surface area contributed by atoms with Gasteiger partial charge in [0.25, 0.3) is 5.91 Å². The van der Waals surface area contributed by atoms with E-state index in [1.807, 2.05) is 6.26 Å². The highest BCUT2D eigenvalue weighted by atomic mass is 35.5. The van der Waals surface area contributed by atoms with Crippen LogP contribution in [0.2, 0.25) is 0 Å². The van der Waals surface area contributed by atoms with Gasteiger partial charge in [-0.2, -0.15) is 11.8 Å². The van der Waals surface area contributed by atoms with Crippen LogP contribution in [0.1, 0.15) is 23.2 Å². The third kappa shape index (κ3) is 7.36. The highest BCUT2D eigenvalue weighted by Crippen LogP contribution is 2.15. The van der Waals surface area contributed by atoms with Crippen molar-refractivity contribution in [3.8, 4) is 0 Å². The normalized spacial score (nSPS) is 9.62. The molecule has 118 valence electrons. The predicted octanol–water partition coefficient (Wildman–Crippen LogP) is 1.88. The highest BCUT2D eigenvalue weighted by molar-refractivity contribution is 7.98. The third-order valence-electron chi connectivity index (χ3n) is 2.63. The van der Waals surface area contributed by atoms with Gasteiger partial charge in [-0.3, -0.25) is 9.59 Å². The maximum absolute atomic E-state index is 11.9. The number of nitrogens with two attached hydrogens (primary N) is 1. The lowest BCUT2D eigenvalue weighted by Gasteiger charge is -2.11. The largest absolute Gasteiger partial charge is 0.351 e. The van der Waals surface area contributed by atoms with Crippen LogP contribution in [0.25, 0.3) is 0 Å². The van der Waals surface area contributed by atoms with Crippen LogP contribution in [-0.4, -0.2) is 36.9 Å². The van der Waals surface area contributed by atoms with Crippen molar-refractivity contribution in [2.75, 3.05) is 30.4 Å². The number of hydrogen-bond donors (Lipinski definition) is 3. The van der Waals surface area contributed by atoms with Crippen molar-refractivity contribution in [2.24, 2.45) is 5.73 Å². The Labute approximate surface area is 135 Å². The van der Waals surface area contributed by atoms with Crippen molar-refractivity contribution < 1.29 is 9.59 Å². The second kappa shape index (κ2) is 11.4.